The van der Waals surface area contributed by atoms with E-state index in [-0.39, 0.29) is 17.1 Å². The van der Waals surface area contributed by atoms with Crippen LogP contribution in [0.2, 0.25) is 0 Å². The number of nitro groups is 1. The van der Waals surface area contributed by atoms with Crippen LogP contribution in [0.1, 0.15) is 5.56 Å². The number of carbonyl (C=O) groups excluding carboxylic acids is 1. The van der Waals surface area contributed by atoms with Crippen LogP contribution in [0.4, 0.5) is 11.5 Å². The topological polar surface area (TPSA) is 136 Å². The summed E-state index contributed by atoms with van der Waals surface area (Å²) in [6.07, 6.45) is 2.30. The summed E-state index contributed by atoms with van der Waals surface area (Å²) >= 11 is 0. The van der Waals surface area contributed by atoms with Crippen LogP contribution in [-0.2, 0) is 11.3 Å². The second-order valence-corrected chi connectivity index (χ2v) is 5.42. The molecule has 0 atom stereocenters. The predicted octanol–water partition coefficient (Wildman–Crippen LogP) is 1.45. The number of nitriles is 1. The number of hydrogen-bond donors (Lipinski definition) is 1. The second-order valence-electron chi connectivity index (χ2n) is 5.42. The Morgan fingerprint density at radius 3 is 2.67 bits per heavy atom. The van der Waals surface area contributed by atoms with Crippen molar-refractivity contribution in [2.75, 3.05) is 5.32 Å². The maximum absolute atomic E-state index is 12.4. The molecule has 0 fully saturated rings. The highest BCUT2D eigenvalue weighted by Gasteiger charge is 2.16. The number of nitrogens with one attached hydrogen (secondary N) is 1. The van der Waals surface area contributed by atoms with E-state index < -0.39 is 22.9 Å². The van der Waals surface area contributed by atoms with E-state index in [4.69, 9.17) is 0 Å². The van der Waals surface area contributed by atoms with Gasteiger partial charge >= 0.3 is 0 Å². The Morgan fingerprint density at radius 1 is 1.26 bits per heavy atom. The first kappa shape index (κ1) is 17.6. The minimum atomic E-state index is -0.661. The quantitative estimate of drug-likeness (QED) is 0.537. The number of aromatic nitrogens is 3. The Bertz CT molecular complexity index is 1110. The van der Waals surface area contributed by atoms with E-state index >= 15 is 0 Å². The van der Waals surface area contributed by atoms with Gasteiger partial charge in [0.1, 0.15) is 18.2 Å². The maximum Gasteiger partial charge on any atom is 0.285 e. The van der Waals surface area contributed by atoms with Crippen LogP contribution in [0, 0.1) is 21.4 Å². The van der Waals surface area contributed by atoms with Crippen molar-refractivity contribution in [1.29, 1.82) is 5.26 Å². The van der Waals surface area contributed by atoms with Crippen LogP contribution in [-0.4, -0.2) is 25.2 Å². The third-order valence-electron chi connectivity index (χ3n) is 3.64. The molecule has 0 radical (unpaired) electrons. The van der Waals surface area contributed by atoms with Crippen molar-refractivity contribution in [3.8, 4) is 11.8 Å². The van der Waals surface area contributed by atoms with Gasteiger partial charge in [-0.1, -0.05) is 18.2 Å². The first-order valence-corrected chi connectivity index (χ1v) is 7.68. The largest absolute Gasteiger partial charge is 0.308 e. The molecule has 0 bridgehead atoms. The van der Waals surface area contributed by atoms with Crippen LogP contribution >= 0.6 is 0 Å². The summed E-state index contributed by atoms with van der Waals surface area (Å²) in [7, 11) is 0. The summed E-state index contributed by atoms with van der Waals surface area (Å²) in [5, 5.41) is 26.7. The van der Waals surface area contributed by atoms with E-state index in [2.05, 4.69) is 10.4 Å². The molecule has 1 aromatic carbocycles. The zero-order valence-electron chi connectivity index (χ0n) is 13.8. The first-order chi connectivity index (χ1) is 13.0. The second kappa shape index (κ2) is 7.32. The molecular weight excluding hydrogens is 352 g/mol. The van der Waals surface area contributed by atoms with Crippen molar-refractivity contribution in [3.05, 3.63) is 80.9 Å². The Kier molecular flexibility index (Phi) is 4.76. The van der Waals surface area contributed by atoms with Gasteiger partial charge < -0.3 is 5.32 Å². The molecule has 3 aromatic rings. The minimum absolute atomic E-state index is 0.138. The number of nitrogens with zero attached hydrogens (tertiary/aromatic N) is 5. The van der Waals surface area contributed by atoms with Gasteiger partial charge in [0, 0.05) is 12.1 Å². The number of amides is 1. The zero-order chi connectivity index (χ0) is 19.4. The Morgan fingerprint density at radius 2 is 2.00 bits per heavy atom. The van der Waals surface area contributed by atoms with Crippen molar-refractivity contribution in [2.45, 2.75) is 6.54 Å². The molecule has 2 heterocycles. The third kappa shape index (κ3) is 3.72. The van der Waals surface area contributed by atoms with Crippen molar-refractivity contribution in [3.63, 3.8) is 0 Å². The van der Waals surface area contributed by atoms with Gasteiger partial charge in [-0.15, -0.1) is 0 Å². The average Bonchev–Trinajstić information content (AvgIpc) is 3.06. The molecule has 0 saturated carbocycles. The van der Waals surface area contributed by atoms with Crippen LogP contribution in [0.5, 0.6) is 0 Å². The summed E-state index contributed by atoms with van der Waals surface area (Å²) in [4.78, 5) is 34.4. The highest BCUT2D eigenvalue weighted by Crippen LogP contribution is 2.19. The maximum atomic E-state index is 12.4. The molecule has 10 heteroatoms. The summed E-state index contributed by atoms with van der Waals surface area (Å²) in [6.45, 7) is -0.453. The lowest BCUT2D eigenvalue weighted by atomic mass is 10.3. The molecule has 0 aliphatic rings. The van der Waals surface area contributed by atoms with Crippen molar-refractivity contribution in [1.82, 2.24) is 14.3 Å². The van der Waals surface area contributed by atoms with Gasteiger partial charge in [0.05, 0.1) is 23.0 Å². The van der Waals surface area contributed by atoms with E-state index in [1.165, 1.54) is 10.9 Å². The fraction of sp³-hybridized carbons (Fsp3) is 0.0588. The van der Waals surface area contributed by atoms with Gasteiger partial charge in [-0.25, -0.2) is 4.68 Å². The van der Waals surface area contributed by atoms with Crippen molar-refractivity contribution < 1.29 is 9.72 Å². The van der Waals surface area contributed by atoms with E-state index in [0.29, 0.717) is 5.69 Å². The van der Waals surface area contributed by atoms with Gasteiger partial charge in [-0.05, 0) is 12.1 Å². The Balaban J connectivity index is 1.88. The Hall–Kier alpha value is -4.26. The fourth-order valence-electron chi connectivity index (χ4n) is 2.39. The lowest BCUT2D eigenvalue weighted by molar-refractivity contribution is -0.385. The number of anilines is 1. The lowest BCUT2D eigenvalue weighted by Crippen LogP contribution is -2.27. The van der Waals surface area contributed by atoms with Crippen LogP contribution in [0.25, 0.3) is 5.69 Å². The fourth-order valence-corrected chi connectivity index (χ4v) is 2.39. The molecule has 0 aliphatic heterocycles. The summed E-state index contributed by atoms with van der Waals surface area (Å²) in [5.41, 5.74) is -0.109. The van der Waals surface area contributed by atoms with Crippen molar-refractivity contribution in [2.24, 2.45) is 0 Å². The highest BCUT2D eigenvalue weighted by atomic mass is 16.6. The van der Waals surface area contributed by atoms with Gasteiger partial charge in [-0.3, -0.25) is 24.3 Å². The summed E-state index contributed by atoms with van der Waals surface area (Å²) in [6, 6.07) is 12.9. The van der Waals surface area contributed by atoms with Crippen LogP contribution in [0.3, 0.4) is 0 Å². The first-order valence-electron chi connectivity index (χ1n) is 7.68. The number of para-hydroxylation sites is 1. The van der Waals surface area contributed by atoms with E-state index in [9.17, 15) is 25.0 Å². The molecule has 1 amide bonds. The molecule has 27 heavy (non-hydrogen) atoms. The molecule has 0 aliphatic carbocycles. The van der Waals surface area contributed by atoms with Gasteiger partial charge in [0.25, 0.3) is 11.2 Å². The third-order valence-corrected chi connectivity index (χ3v) is 3.64. The molecule has 0 saturated heterocycles. The minimum Gasteiger partial charge on any atom is -0.308 e. The zero-order valence-corrected chi connectivity index (χ0v) is 13.8. The Labute approximate surface area is 152 Å². The SMILES string of the molecule is N#Cc1cnn(-c2ccccc2)c1NC(=O)Cn1cc([N+](=O)[O-])ccc1=O. The van der Waals surface area contributed by atoms with Crippen molar-refractivity contribution >= 4 is 17.4 Å². The van der Waals surface area contributed by atoms with Crippen LogP contribution in [0.15, 0.2) is 59.7 Å². The molecule has 2 aromatic heterocycles. The molecule has 1 N–H and O–H groups in total. The van der Waals surface area contributed by atoms with E-state index in [1.807, 2.05) is 12.1 Å². The highest BCUT2D eigenvalue weighted by molar-refractivity contribution is 5.91. The molecule has 0 spiro atoms. The lowest BCUT2D eigenvalue weighted by Gasteiger charge is -2.10. The number of pyridine rings is 1. The van der Waals surface area contributed by atoms with Crippen LogP contribution < -0.4 is 10.9 Å². The standard InChI is InChI=1S/C17H12N6O4/c18-8-12-9-19-22(13-4-2-1-3-5-13)17(12)20-15(24)11-21-10-14(23(26)27)6-7-16(21)25/h1-7,9-10H,11H2,(H,20,24). The van der Waals surface area contributed by atoms with Gasteiger partial charge in [-0.2, -0.15) is 10.4 Å². The molecule has 10 nitrogen and oxygen atoms in total. The number of benzene rings is 1. The van der Waals surface area contributed by atoms with E-state index in [0.717, 1.165) is 22.9 Å². The molecule has 0 unspecified atom stereocenters. The summed E-state index contributed by atoms with van der Waals surface area (Å²) in [5.74, 6) is -0.487. The smallest absolute Gasteiger partial charge is 0.285 e. The number of rotatable bonds is 5. The monoisotopic (exact) mass is 364 g/mol. The van der Waals surface area contributed by atoms with Gasteiger partial charge in [0.2, 0.25) is 5.91 Å². The predicted molar refractivity (Wildman–Crippen MR) is 94.3 cm³/mol. The number of carbonyl (C=O) groups is 1. The average molecular weight is 364 g/mol. The van der Waals surface area contributed by atoms with Gasteiger partial charge in [0.15, 0.2) is 5.82 Å². The molecular formula is C17H12N6O4. The molecule has 134 valence electrons. The summed E-state index contributed by atoms with van der Waals surface area (Å²) < 4.78 is 2.30. The normalized spacial score (nSPS) is 10.2. The molecule has 3 rings (SSSR count). The number of hydrogen-bond acceptors (Lipinski definition) is 6. The van der Waals surface area contributed by atoms with E-state index in [1.54, 1.807) is 24.3 Å².